The molecule has 0 bridgehead atoms. The second-order valence-electron chi connectivity index (χ2n) is 3.08. The number of hydrogen-bond acceptors (Lipinski definition) is 2. The highest BCUT2D eigenvalue weighted by molar-refractivity contribution is 9.10. The average Bonchev–Trinajstić information content (AvgIpc) is 2.68. The molecule has 0 amide bonds. The molecule has 2 rings (SSSR count). The molecule has 0 aliphatic heterocycles. The van der Waals surface area contributed by atoms with Gasteiger partial charge in [0, 0.05) is 10.0 Å². The molecular weight excluding hydrogens is 291 g/mol. The van der Waals surface area contributed by atoms with Crippen molar-refractivity contribution in [3.8, 4) is 11.3 Å². The van der Waals surface area contributed by atoms with Crippen LogP contribution in [0.25, 0.3) is 11.3 Å². The number of rotatable bonds is 2. The summed E-state index contributed by atoms with van der Waals surface area (Å²) in [6.45, 7) is 0. The van der Waals surface area contributed by atoms with E-state index in [1.54, 1.807) is 12.1 Å². The SMILES string of the molecule is Cl.N=C(N)c1ccc(-c2ccc(Br)cc2)o1. The lowest BCUT2D eigenvalue weighted by atomic mass is 10.2. The molecule has 1 aromatic carbocycles. The van der Waals surface area contributed by atoms with Gasteiger partial charge in [-0.15, -0.1) is 12.4 Å². The van der Waals surface area contributed by atoms with E-state index in [4.69, 9.17) is 15.6 Å². The first-order chi connectivity index (χ1) is 7.16. The average molecular weight is 302 g/mol. The predicted octanol–water partition coefficient (Wildman–Crippen LogP) is 3.41. The molecule has 0 radical (unpaired) electrons. The maximum atomic E-state index is 7.22. The molecule has 1 heterocycles. The largest absolute Gasteiger partial charge is 0.453 e. The molecule has 5 heteroatoms. The minimum absolute atomic E-state index is 0. The Morgan fingerprint density at radius 2 is 1.75 bits per heavy atom. The highest BCUT2D eigenvalue weighted by Gasteiger charge is 2.05. The maximum Gasteiger partial charge on any atom is 0.168 e. The highest BCUT2D eigenvalue weighted by atomic mass is 79.9. The molecule has 84 valence electrons. The molecule has 3 nitrogen and oxygen atoms in total. The molecule has 0 aliphatic rings. The zero-order chi connectivity index (χ0) is 10.8. The highest BCUT2D eigenvalue weighted by Crippen LogP contribution is 2.23. The summed E-state index contributed by atoms with van der Waals surface area (Å²) in [7, 11) is 0. The molecule has 0 saturated heterocycles. The summed E-state index contributed by atoms with van der Waals surface area (Å²) in [5, 5.41) is 7.22. The molecule has 0 aliphatic carbocycles. The number of furan rings is 1. The summed E-state index contributed by atoms with van der Waals surface area (Å²) in [6, 6.07) is 11.2. The van der Waals surface area contributed by atoms with E-state index in [1.165, 1.54) is 0 Å². The van der Waals surface area contributed by atoms with Crippen LogP contribution in [0.5, 0.6) is 0 Å². The van der Waals surface area contributed by atoms with Crippen molar-refractivity contribution < 1.29 is 4.42 Å². The van der Waals surface area contributed by atoms with Gasteiger partial charge in [0.1, 0.15) is 5.76 Å². The first-order valence-electron chi connectivity index (χ1n) is 4.37. The van der Waals surface area contributed by atoms with E-state index in [1.807, 2.05) is 24.3 Å². The van der Waals surface area contributed by atoms with E-state index in [9.17, 15) is 0 Å². The lowest BCUT2D eigenvalue weighted by Crippen LogP contribution is -2.09. The minimum atomic E-state index is -0.0571. The fourth-order valence-corrected chi connectivity index (χ4v) is 1.52. The van der Waals surface area contributed by atoms with Crippen LogP contribution >= 0.6 is 28.3 Å². The van der Waals surface area contributed by atoms with Gasteiger partial charge in [-0.25, -0.2) is 0 Å². The van der Waals surface area contributed by atoms with E-state index in [0.29, 0.717) is 11.5 Å². The minimum Gasteiger partial charge on any atom is -0.453 e. The van der Waals surface area contributed by atoms with Gasteiger partial charge in [-0.2, -0.15) is 0 Å². The number of benzene rings is 1. The molecule has 0 atom stereocenters. The van der Waals surface area contributed by atoms with E-state index >= 15 is 0 Å². The predicted molar refractivity (Wildman–Crippen MR) is 70.1 cm³/mol. The van der Waals surface area contributed by atoms with Crippen LogP contribution in [0.1, 0.15) is 5.76 Å². The molecule has 2 aromatic rings. The van der Waals surface area contributed by atoms with Gasteiger partial charge >= 0.3 is 0 Å². The number of nitrogens with one attached hydrogen (secondary N) is 1. The summed E-state index contributed by atoms with van der Waals surface area (Å²) < 4.78 is 6.42. The molecular formula is C11H10BrClN2O. The van der Waals surface area contributed by atoms with Crippen LogP contribution in [0, 0.1) is 5.41 Å². The molecule has 0 spiro atoms. The van der Waals surface area contributed by atoms with Gasteiger partial charge in [-0.3, -0.25) is 5.41 Å². The van der Waals surface area contributed by atoms with Crippen LogP contribution in [0.2, 0.25) is 0 Å². The van der Waals surface area contributed by atoms with E-state index in [2.05, 4.69) is 15.9 Å². The molecule has 0 fully saturated rings. The van der Waals surface area contributed by atoms with Gasteiger partial charge in [-0.1, -0.05) is 28.1 Å². The Labute approximate surface area is 108 Å². The number of hydrogen-bond donors (Lipinski definition) is 2. The van der Waals surface area contributed by atoms with Crippen molar-refractivity contribution in [3.63, 3.8) is 0 Å². The van der Waals surface area contributed by atoms with Gasteiger partial charge in [-0.05, 0) is 24.3 Å². The lowest BCUT2D eigenvalue weighted by molar-refractivity contribution is 0.571. The Bertz CT molecular complexity index is 493. The van der Waals surface area contributed by atoms with Crippen molar-refractivity contribution in [1.29, 1.82) is 5.41 Å². The van der Waals surface area contributed by atoms with Crippen LogP contribution in [0.15, 0.2) is 45.3 Å². The number of amidine groups is 1. The fraction of sp³-hybridized carbons (Fsp3) is 0. The molecule has 0 saturated carbocycles. The monoisotopic (exact) mass is 300 g/mol. The summed E-state index contributed by atoms with van der Waals surface area (Å²) >= 11 is 3.36. The third-order valence-corrected chi connectivity index (χ3v) is 2.53. The van der Waals surface area contributed by atoms with Crippen molar-refractivity contribution in [2.24, 2.45) is 5.73 Å². The van der Waals surface area contributed by atoms with Crippen LogP contribution in [0.3, 0.4) is 0 Å². The van der Waals surface area contributed by atoms with Crippen LogP contribution in [0.4, 0.5) is 0 Å². The maximum absolute atomic E-state index is 7.22. The van der Waals surface area contributed by atoms with Crippen LogP contribution in [-0.2, 0) is 0 Å². The summed E-state index contributed by atoms with van der Waals surface area (Å²) in [6.07, 6.45) is 0. The Balaban J connectivity index is 0.00000128. The zero-order valence-electron chi connectivity index (χ0n) is 8.24. The third-order valence-electron chi connectivity index (χ3n) is 2.00. The van der Waals surface area contributed by atoms with E-state index < -0.39 is 0 Å². The molecule has 3 N–H and O–H groups in total. The van der Waals surface area contributed by atoms with Crippen LogP contribution < -0.4 is 5.73 Å². The Kier molecular flexibility index (Phi) is 4.15. The van der Waals surface area contributed by atoms with Gasteiger partial charge in [0.2, 0.25) is 0 Å². The first kappa shape index (κ1) is 12.8. The van der Waals surface area contributed by atoms with Gasteiger partial charge in [0.25, 0.3) is 0 Å². The van der Waals surface area contributed by atoms with E-state index in [-0.39, 0.29) is 18.2 Å². The van der Waals surface area contributed by atoms with Crippen molar-refractivity contribution in [1.82, 2.24) is 0 Å². The van der Waals surface area contributed by atoms with Gasteiger partial charge in [0.05, 0.1) is 0 Å². The molecule has 0 unspecified atom stereocenters. The Morgan fingerprint density at radius 3 is 2.25 bits per heavy atom. The lowest BCUT2D eigenvalue weighted by Gasteiger charge is -1.97. The number of halogens is 2. The first-order valence-corrected chi connectivity index (χ1v) is 5.16. The Hall–Kier alpha value is -1.26. The topological polar surface area (TPSA) is 63.0 Å². The van der Waals surface area contributed by atoms with Gasteiger partial charge < -0.3 is 10.2 Å². The van der Waals surface area contributed by atoms with Gasteiger partial charge in [0.15, 0.2) is 11.6 Å². The number of nitrogen functional groups attached to an aromatic ring is 1. The molecule has 16 heavy (non-hydrogen) atoms. The Morgan fingerprint density at radius 1 is 1.12 bits per heavy atom. The summed E-state index contributed by atoms with van der Waals surface area (Å²) in [4.78, 5) is 0. The fourth-order valence-electron chi connectivity index (χ4n) is 1.25. The van der Waals surface area contributed by atoms with Crippen LogP contribution in [-0.4, -0.2) is 5.84 Å². The van der Waals surface area contributed by atoms with Crippen molar-refractivity contribution in [2.75, 3.05) is 0 Å². The zero-order valence-corrected chi connectivity index (χ0v) is 10.6. The summed E-state index contributed by atoms with van der Waals surface area (Å²) in [5.41, 5.74) is 6.27. The number of nitrogens with two attached hydrogens (primary N) is 1. The summed E-state index contributed by atoms with van der Waals surface area (Å²) in [5.74, 6) is 1.05. The molecule has 1 aromatic heterocycles. The second kappa shape index (κ2) is 5.18. The van der Waals surface area contributed by atoms with Crippen molar-refractivity contribution in [3.05, 3.63) is 46.6 Å². The smallest absolute Gasteiger partial charge is 0.168 e. The van der Waals surface area contributed by atoms with Crippen molar-refractivity contribution >= 4 is 34.2 Å². The second-order valence-corrected chi connectivity index (χ2v) is 4.00. The quantitative estimate of drug-likeness (QED) is 0.659. The van der Waals surface area contributed by atoms with Crippen molar-refractivity contribution in [2.45, 2.75) is 0 Å². The normalized spacial score (nSPS) is 9.56. The standard InChI is InChI=1S/C11H9BrN2O.ClH/c12-8-3-1-7(2-4-8)9-5-6-10(15-9)11(13)14;/h1-6H,(H3,13,14);1H. The van der Waals surface area contributed by atoms with E-state index in [0.717, 1.165) is 10.0 Å². The third kappa shape index (κ3) is 2.65.